The van der Waals surface area contributed by atoms with E-state index < -0.39 is 0 Å². The molecule has 20 heavy (non-hydrogen) atoms. The molecule has 2 atom stereocenters. The normalized spacial score (nSPS) is 23.9. The fourth-order valence-electron chi connectivity index (χ4n) is 3.32. The number of nitrogens with one attached hydrogen (secondary N) is 1. The Balaban J connectivity index is 2.01. The highest BCUT2D eigenvalue weighted by atomic mass is 79.9. The zero-order chi connectivity index (χ0) is 14.8. The first-order valence-electron chi connectivity index (χ1n) is 7.55. The molecule has 1 nitrogen and oxygen atoms in total. The van der Waals surface area contributed by atoms with Gasteiger partial charge in [0.15, 0.2) is 0 Å². The topological polar surface area (TPSA) is 12.0 Å². The number of hydrogen-bond donors (Lipinski definition) is 1. The summed E-state index contributed by atoms with van der Waals surface area (Å²) in [5.41, 5.74) is 1.56. The van der Waals surface area contributed by atoms with Crippen LogP contribution in [0.3, 0.4) is 0 Å². The molecule has 1 aromatic carbocycles. The van der Waals surface area contributed by atoms with E-state index in [0.29, 0.717) is 11.5 Å². The largest absolute Gasteiger partial charge is 0.310 e. The standard InChI is InChI=1S/C17H25BrClN/c1-17(2,3)14-6-4-5-7-16(14)20-11-12-8-9-13(18)10-15(12)19/h8-10,14,16,20H,4-7,11H2,1-3H3. The maximum atomic E-state index is 6.30. The molecule has 0 spiro atoms. The van der Waals surface area contributed by atoms with Crippen LogP contribution >= 0.6 is 27.5 Å². The van der Waals surface area contributed by atoms with E-state index in [9.17, 15) is 0 Å². The highest BCUT2D eigenvalue weighted by Gasteiger charge is 2.33. The van der Waals surface area contributed by atoms with Crippen molar-refractivity contribution in [1.82, 2.24) is 5.32 Å². The Morgan fingerprint density at radius 2 is 1.95 bits per heavy atom. The molecule has 2 unspecified atom stereocenters. The summed E-state index contributed by atoms with van der Waals surface area (Å²) in [5.74, 6) is 0.755. The molecule has 3 heteroatoms. The monoisotopic (exact) mass is 357 g/mol. The van der Waals surface area contributed by atoms with E-state index in [1.807, 2.05) is 6.07 Å². The van der Waals surface area contributed by atoms with Crippen molar-refractivity contribution in [3.8, 4) is 0 Å². The van der Waals surface area contributed by atoms with Gasteiger partial charge in [-0.15, -0.1) is 0 Å². The lowest BCUT2D eigenvalue weighted by atomic mass is 9.69. The van der Waals surface area contributed by atoms with Crippen molar-refractivity contribution in [2.45, 2.75) is 59.0 Å². The van der Waals surface area contributed by atoms with Gasteiger partial charge in [-0.25, -0.2) is 0 Å². The molecule has 1 saturated carbocycles. The quantitative estimate of drug-likeness (QED) is 0.720. The van der Waals surface area contributed by atoms with Crippen molar-refractivity contribution in [2.24, 2.45) is 11.3 Å². The van der Waals surface area contributed by atoms with Gasteiger partial charge in [-0.05, 0) is 41.9 Å². The molecule has 0 amide bonds. The summed E-state index contributed by atoms with van der Waals surface area (Å²) in [7, 11) is 0. The second-order valence-electron chi connectivity index (χ2n) is 6.98. The third kappa shape index (κ3) is 4.22. The molecule has 0 radical (unpaired) electrons. The number of hydrogen-bond acceptors (Lipinski definition) is 1. The van der Waals surface area contributed by atoms with Crippen LogP contribution in [-0.4, -0.2) is 6.04 Å². The summed E-state index contributed by atoms with van der Waals surface area (Å²) in [4.78, 5) is 0. The Bertz CT molecular complexity index is 453. The molecule has 0 aliphatic heterocycles. The lowest BCUT2D eigenvalue weighted by molar-refractivity contribution is 0.130. The van der Waals surface area contributed by atoms with E-state index in [2.05, 4.69) is 54.2 Å². The molecule has 1 fully saturated rings. The van der Waals surface area contributed by atoms with Gasteiger partial charge in [0.25, 0.3) is 0 Å². The number of benzene rings is 1. The van der Waals surface area contributed by atoms with Crippen LogP contribution in [0.5, 0.6) is 0 Å². The van der Waals surface area contributed by atoms with E-state index in [0.717, 1.165) is 22.0 Å². The Morgan fingerprint density at radius 1 is 1.25 bits per heavy atom. The zero-order valence-electron chi connectivity index (χ0n) is 12.7. The molecule has 2 rings (SSSR count). The van der Waals surface area contributed by atoms with Crippen molar-refractivity contribution >= 4 is 27.5 Å². The Hall–Kier alpha value is -0.0500. The maximum Gasteiger partial charge on any atom is 0.0462 e. The van der Waals surface area contributed by atoms with Gasteiger partial charge in [0.2, 0.25) is 0 Å². The van der Waals surface area contributed by atoms with Crippen LogP contribution in [0.15, 0.2) is 22.7 Å². The summed E-state index contributed by atoms with van der Waals surface area (Å²) in [5, 5.41) is 4.60. The summed E-state index contributed by atoms with van der Waals surface area (Å²) >= 11 is 9.76. The molecule has 1 N–H and O–H groups in total. The van der Waals surface area contributed by atoms with Gasteiger partial charge in [0.05, 0.1) is 0 Å². The molecule has 1 aliphatic rings. The van der Waals surface area contributed by atoms with E-state index in [-0.39, 0.29) is 0 Å². The molecular weight excluding hydrogens is 334 g/mol. The molecule has 1 aliphatic carbocycles. The van der Waals surface area contributed by atoms with E-state index in [1.165, 1.54) is 31.2 Å². The van der Waals surface area contributed by atoms with Crippen LogP contribution in [0, 0.1) is 11.3 Å². The smallest absolute Gasteiger partial charge is 0.0462 e. The first kappa shape index (κ1) is 16.3. The van der Waals surface area contributed by atoms with Crippen molar-refractivity contribution in [3.05, 3.63) is 33.3 Å². The molecule has 1 aromatic rings. The van der Waals surface area contributed by atoms with Gasteiger partial charge in [-0.1, -0.05) is 67.2 Å². The molecular formula is C17H25BrClN. The average Bonchev–Trinajstić information content (AvgIpc) is 2.37. The molecule has 0 bridgehead atoms. The average molecular weight is 359 g/mol. The van der Waals surface area contributed by atoms with Crippen LogP contribution in [0.2, 0.25) is 5.02 Å². The minimum Gasteiger partial charge on any atom is -0.310 e. The summed E-state index contributed by atoms with van der Waals surface area (Å²) in [6, 6.07) is 6.75. The highest BCUT2D eigenvalue weighted by molar-refractivity contribution is 9.10. The lowest BCUT2D eigenvalue weighted by Gasteiger charge is -2.41. The van der Waals surface area contributed by atoms with Gasteiger partial charge in [-0.2, -0.15) is 0 Å². The van der Waals surface area contributed by atoms with E-state index in [1.54, 1.807) is 0 Å². The number of rotatable bonds is 3. The first-order valence-corrected chi connectivity index (χ1v) is 8.72. The van der Waals surface area contributed by atoms with E-state index >= 15 is 0 Å². The lowest BCUT2D eigenvalue weighted by Crippen LogP contribution is -2.43. The van der Waals surface area contributed by atoms with Crippen molar-refractivity contribution in [2.75, 3.05) is 0 Å². The Kier molecular flexibility index (Phi) is 5.56. The molecule has 0 aromatic heterocycles. The van der Waals surface area contributed by atoms with Crippen LogP contribution in [0.4, 0.5) is 0 Å². The SMILES string of the molecule is CC(C)(C)C1CCCCC1NCc1ccc(Br)cc1Cl. The third-order valence-corrected chi connectivity index (χ3v) is 5.29. The minimum atomic E-state index is 0.377. The van der Waals surface area contributed by atoms with Crippen LogP contribution in [0.25, 0.3) is 0 Å². The second-order valence-corrected chi connectivity index (χ2v) is 8.30. The fraction of sp³-hybridized carbons (Fsp3) is 0.647. The van der Waals surface area contributed by atoms with E-state index in [4.69, 9.17) is 11.6 Å². The Morgan fingerprint density at radius 3 is 2.60 bits per heavy atom. The molecule has 0 saturated heterocycles. The van der Waals surface area contributed by atoms with Gasteiger partial charge in [0, 0.05) is 22.1 Å². The second kappa shape index (κ2) is 6.81. The van der Waals surface area contributed by atoms with Gasteiger partial charge in [0.1, 0.15) is 0 Å². The maximum absolute atomic E-state index is 6.30. The molecule has 0 heterocycles. The third-order valence-electron chi connectivity index (χ3n) is 4.45. The first-order chi connectivity index (χ1) is 9.38. The van der Waals surface area contributed by atoms with Crippen molar-refractivity contribution in [1.29, 1.82) is 0 Å². The van der Waals surface area contributed by atoms with Gasteiger partial charge < -0.3 is 5.32 Å². The predicted octanol–water partition coefficient (Wildman–Crippen LogP) is 5.80. The number of halogens is 2. The highest BCUT2D eigenvalue weighted by Crippen LogP contribution is 2.38. The summed E-state index contributed by atoms with van der Waals surface area (Å²) < 4.78 is 1.04. The molecule has 112 valence electrons. The van der Waals surface area contributed by atoms with Crippen LogP contribution in [0.1, 0.15) is 52.0 Å². The van der Waals surface area contributed by atoms with Crippen LogP contribution < -0.4 is 5.32 Å². The zero-order valence-corrected chi connectivity index (χ0v) is 15.0. The van der Waals surface area contributed by atoms with Gasteiger partial charge in [-0.3, -0.25) is 0 Å². The van der Waals surface area contributed by atoms with Crippen LogP contribution in [-0.2, 0) is 6.54 Å². The summed E-state index contributed by atoms with van der Waals surface area (Å²) in [6.07, 6.45) is 5.35. The van der Waals surface area contributed by atoms with Gasteiger partial charge >= 0.3 is 0 Å². The van der Waals surface area contributed by atoms with Crippen molar-refractivity contribution in [3.63, 3.8) is 0 Å². The summed E-state index contributed by atoms with van der Waals surface area (Å²) in [6.45, 7) is 7.96. The fourth-order valence-corrected chi connectivity index (χ4v) is 4.06. The van der Waals surface area contributed by atoms with Crippen molar-refractivity contribution < 1.29 is 0 Å². The Labute approximate surface area is 136 Å². The minimum absolute atomic E-state index is 0.377. The predicted molar refractivity (Wildman–Crippen MR) is 91.2 cm³/mol.